The second kappa shape index (κ2) is 6.34. The Bertz CT molecular complexity index is 744. The third-order valence-electron chi connectivity index (χ3n) is 4.85. The van der Waals surface area contributed by atoms with E-state index in [1.54, 1.807) is 18.3 Å². The van der Waals surface area contributed by atoms with Gasteiger partial charge in [-0.15, -0.1) is 0 Å². The normalized spacial score (nSPS) is 22.4. The van der Waals surface area contributed by atoms with Crippen LogP contribution in [-0.2, 0) is 6.54 Å². The van der Waals surface area contributed by atoms with Gasteiger partial charge >= 0.3 is 0 Å². The quantitative estimate of drug-likeness (QED) is 0.864. The maximum Gasteiger partial charge on any atom is 0.123 e. The number of nitriles is 1. The highest BCUT2D eigenvalue weighted by Gasteiger charge is 2.37. The fourth-order valence-electron chi connectivity index (χ4n) is 3.45. The van der Waals surface area contributed by atoms with Crippen LogP contribution in [0.15, 0.2) is 36.5 Å². The molecule has 0 N–H and O–H groups in total. The Morgan fingerprint density at radius 3 is 2.67 bits per heavy atom. The molecule has 2 aromatic rings. The molecule has 1 aliphatic heterocycles. The molecule has 0 spiro atoms. The molecule has 1 atom stereocenters. The highest BCUT2D eigenvalue weighted by molar-refractivity contribution is 5.32. The van der Waals surface area contributed by atoms with Crippen molar-refractivity contribution >= 4 is 0 Å². The standard InChI is InChI=1S/C18H20FN5/c19-14-1-3-16(4-2-14)24-17(7-8-21-24)12-22-9-10-23(15-5-6-15)18(11-20)13-22/h1-4,7-8,15,18H,5-6,9-10,12-13H2. The van der Waals surface area contributed by atoms with Gasteiger partial charge in [-0.1, -0.05) is 0 Å². The van der Waals surface area contributed by atoms with Crippen LogP contribution >= 0.6 is 0 Å². The molecule has 2 fully saturated rings. The van der Waals surface area contributed by atoms with Crippen molar-refractivity contribution in [2.75, 3.05) is 19.6 Å². The largest absolute Gasteiger partial charge is 0.294 e. The first-order chi connectivity index (χ1) is 11.7. The molecule has 1 saturated carbocycles. The van der Waals surface area contributed by atoms with Crippen LogP contribution in [-0.4, -0.2) is 51.3 Å². The first-order valence-corrected chi connectivity index (χ1v) is 8.41. The molecule has 1 unspecified atom stereocenters. The van der Waals surface area contributed by atoms with E-state index in [2.05, 4.69) is 21.0 Å². The third kappa shape index (κ3) is 3.05. The fourth-order valence-corrected chi connectivity index (χ4v) is 3.45. The number of benzene rings is 1. The molecule has 124 valence electrons. The van der Waals surface area contributed by atoms with Gasteiger partial charge in [0.1, 0.15) is 11.9 Å². The molecule has 24 heavy (non-hydrogen) atoms. The number of hydrogen-bond acceptors (Lipinski definition) is 4. The molecule has 0 bridgehead atoms. The Morgan fingerprint density at radius 2 is 1.96 bits per heavy atom. The van der Waals surface area contributed by atoms with E-state index in [1.807, 2.05) is 10.7 Å². The summed E-state index contributed by atoms with van der Waals surface area (Å²) in [5.74, 6) is -0.250. The molecule has 6 heteroatoms. The number of nitrogens with zero attached hydrogens (tertiary/aromatic N) is 5. The summed E-state index contributed by atoms with van der Waals surface area (Å²) in [7, 11) is 0. The van der Waals surface area contributed by atoms with E-state index in [0.29, 0.717) is 6.04 Å². The average molecular weight is 325 g/mol. The summed E-state index contributed by atoms with van der Waals surface area (Å²) in [5, 5.41) is 13.8. The molecule has 0 amide bonds. The predicted octanol–water partition coefficient (Wildman–Crippen LogP) is 2.18. The lowest BCUT2D eigenvalue weighted by atomic mass is 10.1. The van der Waals surface area contributed by atoms with Crippen molar-refractivity contribution in [1.82, 2.24) is 19.6 Å². The van der Waals surface area contributed by atoms with Gasteiger partial charge in [-0.05, 0) is 43.2 Å². The Labute approximate surface area is 140 Å². The molecule has 0 radical (unpaired) electrons. The summed E-state index contributed by atoms with van der Waals surface area (Å²) in [4.78, 5) is 4.66. The fraction of sp³-hybridized carbons (Fsp3) is 0.444. The van der Waals surface area contributed by atoms with Gasteiger partial charge in [-0.3, -0.25) is 9.80 Å². The van der Waals surface area contributed by atoms with E-state index in [9.17, 15) is 9.65 Å². The molecule has 2 aliphatic rings. The summed E-state index contributed by atoms with van der Waals surface area (Å²) in [5.41, 5.74) is 1.91. The monoisotopic (exact) mass is 325 g/mol. The van der Waals surface area contributed by atoms with Gasteiger partial charge in [-0.2, -0.15) is 10.4 Å². The van der Waals surface area contributed by atoms with Crippen LogP contribution in [0.2, 0.25) is 0 Å². The Morgan fingerprint density at radius 1 is 1.17 bits per heavy atom. The van der Waals surface area contributed by atoms with E-state index >= 15 is 0 Å². The lowest BCUT2D eigenvalue weighted by Gasteiger charge is -2.38. The topological polar surface area (TPSA) is 48.1 Å². The molecule has 1 aliphatic carbocycles. The second-order valence-electron chi connectivity index (χ2n) is 6.56. The minimum absolute atomic E-state index is 0.0200. The summed E-state index contributed by atoms with van der Waals surface area (Å²) in [6.07, 6.45) is 4.23. The van der Waals surface area contributed by atoms with Crippen LogP contribution in [0, 0.1) is 17.1 Å². The van der Waals surface area contributed by atoms with Gasteiger partial charge < -0.3 is 0 Å². The second-order valence-corrected chi connectivity index (χ2v) is 6.56. The summed E-state index contributed by atoms with van der Waals surface area (Å²) >= 11 is 0. The van der Waals surface area contributed by atoms with Crippen LogP contribution in [0.25, 0.3) is 5.69 Å². The molecule has 1 saturated heterocycles. The number of hydrogen-bond donors (Lipinski definition) is 0. The van der Waals surface area contributed by atoms with Crippen LogP contribution in [0.4, 0.5) is 4.39 Å². The Kier molecular flexibility index (Phi) is 4.05. The smallest absolute Gasteiger partial charge is 0.123 e. The van der Waals surface area contributed by atoms with Crippen molar-refractivity contribution in [2.45, 2.75) is 31.5 Å². The van der Waals surface area contributed by atoms with Crippen LogP contribution < -0.4 is 0 Å². The van der Waals surface area contributed by atoms with E-state index in [4.69, 9.17) is 0 Å². The zero-order valence-electron chi connectivity index (χ0n) is 13.5. The van der Waals surface area contributed by atoms with Crippen LogP contribution in [0.3, 0.4) is 0 Å². The molecule has 1 aromatic heterocycles. The Hall–Kier alpha value is -2.23. The molecular weight excluding hydrogens is 305 g/mol. The van der Waals surface area contributed by atoms with E-state index in [0.717, 1.165) is 37.6 Å². The first-order valence-electron chi connectivity index (χ1n) is 8.41. The third-order valence-corrected chi connectivity index (χ3v) is 4.85. The maximum absolute atomic E-state index is 13.1. The van der Waals surface area contributed by atoms with Crippen molar-refractivity contribution < 1.29 is 4.39 Å². The van der Waals surface area contributed by atoms with Crippen molar-refractivity contribution in [2.24, 2.45) is 0 Å². The number of piperazine rings is 1. The number of halogens is 1. The minimum atomic E-state index is -0.250. The van der Waals surface area contributed by atoms with E-state index in [-0.39, 0.29) is 11.9 Å². The summed E-state index contributed by atoms with van der Waals surface area (Å²) in [6, 6.07) is 11.4. The average Bonchev–Trinajstić information content (AvgIpc) is 3.35. The Balaban J connectivity index is 1.47. The van der Waals surface area contributed by atoms with Crippen LogP contribution in [0.5, 0.6) is 0 Å². The van der Waals surface area contributed by atoms with Gasteiger partial charge in [0.2, 0.25) is 0 Å². The van der Waals surface area contributed by atoms with Gasteiger partial charge in [0, 0.05) is 38.4 Å². The lowest BCUT2D eigenvalue weighted by Crippen LogP contribution is -2.53. The molecule has 5 nitrogen and oxygen atoms in total. The highest BCUT2D eigenvalue weighted by Crippen LogP contribution is 2.30. The van der Waals surface area contributed by atoms with Gasteiger partial charge in [0.05, 0.1) is 17.5 Å². The first kappa shape index (κ1) is 15.3. The van der Waals surface area contributed by atoms with Gasteiger partial charge in [0.15, 0.2) is 0 Å². The minimum Gasteiger partial charge on any atom is -0.294 e. The van der Waals surface area contributed by atoms with E-state index < -0.39 is 0 Å². The lowest BCUT2D eigenvalue weighted by molar-refractivity contribution is 0.0885. The zero-order valence-corrected chi connectivity index (χ0v) is 13.5. The molecule has 1 aromatic carbocycles. The van der Waals surface area contributed by atoms with E-state index in [1.165, 1.54) is 25.0 Å². The SMILES string of the molecule is N#CC1CN(Cc2ccnn2-c2ccc(F)cc2)CCN1C1CC1. The maximum atomic E-state index is 13.1. The zero-order chi connectivity index (χ0) is 16.5. The van der Waals surface area contributed by atoms with Gasteiger partial charge in [-0.25, -0.2) is 9.07 Å². The van der Waals surface area contributed by atoms with Crippen molar-refractivity contribution in [3.05, 3.63) is 48.0 Å². The van der Waals surface area contributed by atoms with Crippen LogP contribution in [0.1, 0.15) is 18.5 Å². The van der Waals surface area contributed by atoms with Gasteiger partial charge in [0.25, 0.3) is 0 Å². The molecule has 2 heterocycles. The highest BCUT2D eigenvalue weighted by atomic mass is 19.1. The van der Waals surface area contributed by atoms with Crippen molar-refractivity contribution in [3.8, 4) is 11.8 Å². The van der Waals surface area contributed by atoms with Crippen molar-refractivity contribution in [3.63, 3.8) is 0 Å². The van der Waals surface area contributed by atoms with Crippen molar-refractivity contribution in [1.29, 1.82) is 5.26 Å². The number of rotatable bonds is 4. The summed E-state index contributed by atoms with van der Waals surface area (Å²) in [6.45, 7) is 3.42. The molecule has 4 rings (SSSR count). The molecular formula is C18H20FN5. The summed E-state index contributed by atoms with van der Waals surface area (Å²) < 4.78 is 15.0. The predicted molar refractivity (Wildman–Crippen MR) is 87.9 cm³/mol. The number of aromatic nitrogens is 2.